The molecule has 2 nitrogen and oxygen atoms in total. The smallest absolute Gasteiger partial charge is 0.246 e. The SMILES string of the molecule is CCC1C/C(=C\C(=O)N(C)C)c2cc(F)ccc21. The Labute approximate surface area is 107 Å². The van der Waals surface area contributed by atoms with Gasteiger partial charge in [0.25, 0.3) is 0 Å². The van der Waals surface area contributed by atoms with Gasteiger partial charge in [0.05, 0.1) is 0 Å². The summed E-state index contributed by atoms with van der Waals surface area (Å²) in [6.45, 7) is 2.12. The molecule has 1 aliphatic carbocycles. The van der Waals surface area contributed by atoms with Crippen LogP contribution in [0.1, 0.15) is 36.8 Å². The van der Waals surface area contributed by atoms with Crippen LogP contribution in [0.5, 0.6) is 0 Å². The van der Waals surface area contributed by atoms with Gasteiger partial charge in [-0.2, -0.15) is 0 Å². The van der Waals surface area contributed by atoms with Crippen LogP contribution in [0, 0.1) is 5.82 Å². The van der Waals surface area contributed by atoms with Crippen LogP contribution in [-0.4, -0.2) is 24.9 Å². The van der Waals surface area contributed by atoms with Crippen LogP contribution in [0.15, 0.2) is 24.3 Å². The van der Waals surface area contributed by atoms with Crippen molar-refractivity contribution in [2.24, 2.45) is 0 Å². The van der Waals surface area contributed by atoms with Gasteiger partial charge in [-0.25, -0.2) is 4.39 Å². The Kier molecular flexibility index (Phi) is 3.50. The molecule has 1 atom stereocenters. The molecule has 1 unspecified atom stereocenters. The lowest BCUT2D eigenvalue weighted by Gasteiger charge is -2.07. The number of likely N-dealkylation sites (N-methyl/N-ethyl adjacent to an activating group) is 1. The van der Waals surface area contributed by atoms with Crippen molar-refractivity contribution in [3.8, 4) is 0 Å². The highest BCUT2D eigenvalue weighted by Crippen LogP contribution is 2.42. The van der Waals surface area contributed by atoms with E-state index in [4.69, 9.17) is 0 Å². The fraction of sp³-hybridized carbons (Fsp3) is 0.400. The standard InChI is InChI=1S/C15H18FNO/c1-4-10-7-11(8-15(18)17(2)3)14-9-12(16)5-6-13(10)14/h5-6,8-10H,4,7H2,1-3H3/b11-8+. The zero-order chi connectivity index (χ0) is 13.3. The minimum Gasteiger partial charge on any atom is -0.345 e. The first-order valence-corrected chi connectivity index (χ1v) is 6.24. The van der Waals surface area contributed by atoms with Gasteiger partial charge in [0.2, 0.25) is 5.91 Å². The average Bonchev–Trinajstić information content (AvgIpc) is 2.66. The van der Waals surface area contributed by atoms with Crippen molar-refractivity contribution in [2.75, 3.05) is 14.1 Å². The summed E-state index contributed by atoms with van der Waals surface area (Å²) in [5, 5.41) is 0. The minimum atomic E-state index is -0.242. The zero-order valence-corrected chi connectivity index (χ0v) is 11.0. The Morgan fingerprint density at radius 3 is 2.83 bits per heavy atom. The molecule has 0 fully saturated rings. The molecule has 1 aromatic rings. The second kappa shape index (κ2) is 4.92. The van der Waals surface area contributed by atoms with Crippen LogP contribution < -0.4 is 0 Å². The number of fused-ring (bicyclic) bond motifs is 1. The van der Waals surface area contributed by atoms with Crippen molar-refractivity contribution in [2.45, 2.75) is 25.7 Å². The van der Waals surface area contributed by atoms with Gasteiger partial charge in [0, 0.05) is 20.2 Å². The Morgan fingerprint density at radius 2 is 2.22 bits per heavy atom. The first kappa shape index (κ1) is 12.8. The molecule has 96 valence electrons. The molecule has 0 aromatic heterocycles. The lowest BCUT2D eigenvalue weighted by Crippen LogP contribution is -2.19. The summed E-state index contributed by atoms with van der Waals surface area (Å²) in [4.78, 5) is 13.3. The molecule has 0 saturated carbocycles. The van der Waals surface area contributed by atoms with E-state index in [1.54, 1.807) is 26.2 Å². The third-order valence-electron chi connectivity index (χ3n) is 3.50. The molecular weight excluding hydrogens is 229 g/mol. The second-order valence-electron chi connectivity index (χ2n) is 4.94. The molecule has 0 saturated heterocycles. The fourth-order valence-electron chi connectivity index (χ4n) is 2.43. The largest absolute Gasteiger partial charge is 0.345 e. The Hall–Kier alpha value is -1.64. The number of nitrogens with zero attached hydrogens (tertiary/aromatic N) is 1. The number of hydrogen-bond donors (Lipinski definition) is 0. The Morgan fingerprint density at radius 1 is 1.50 bits per heavy atom. The van der Waals surface area contributed by atoms with Crippen molar-refractivity contribution in [3.63, 3.8) is 0 Å². The number of amides is 1. The summed E-state index contributed by atoms with van der Waals surface area (Å²) in [7, 11) is 3.44. The van der Waals surface area contributed by atoms with E-state index in [9.17, 15) is 9.18 Å². The molecule has 0 spiro atoms. The van der Waals surface area contributed by atoms with Gasteiger partial charge in [0.15, 0.2) is 0 Å². The monoisotopic (exact) mass is 247 g/mol. The highest BCUT2D eigenvalue weighted by molar-refractivity contribution is 5.96. The molecule has 1 aromatic carbocycles. The second-order valence-corrected chi connectivity index (χ2v) is 4.94. The summed E-state index contributed by atoms with van der Waals surface area (Å²) in [5.74, 6) is 0.118. The third kappa shape index (κ3) is 2.30. The summed E-state index contributed by atoms with van der Waals surface area (Å²) >= 11 is 0. The van der Waals surface area contributed by atoms with Gasteiger partial charge in [0.1, 0.15) is 5.82 Å². The summed E-state index contributed by atoms with van der Waals surface area (Å²) in [6.07, 6.45) is 3.47. The Balaban J connectivity index is 2.43. The van der Waals surface area contributed by atoms with E-state index in [1.807, 2.05) is 6.07 Å². The van der Waals surface area contributed by atoms with Crippen LogP contribution in [0.25, 0.3) is 5.57 Å². The van der Waals surface area contributed by atoms with Crippen molar-refractivity contribution >= 4 is 11.5 Å². The normalized spacial score (nSPS) is 20.0. The van der Waals surface area contributed by atoms with Gasteiger partial charge < -0.3 is 4.90 Å². The molecule has 1 amide bonds. The van der Waals surface area contributed by atoms with E-state index in [1.165, 1.54) is 11.0 Å². The summed E-state index contributed by atoms with van der Waals surface area (Å²) < 4.78 is 13.3. The van der Waals surface area contributed by atoms with E-state index in [0.29, 0.717) is 5.92 Å². The quantitative estimate of drug-likeness (QED) is 0.735. The number of hydrogen-bond acceptors (Lipinski definition) is 1. The van der Waals surface area contributed by atoms with Crippen LogP contribution in [0.4, 0.5) is 4.39 Å². The maximum Gasteiger partial charge on any atom is 0.246 e. The average molecular weight is 247 g/mol. The number of carbonyl (C=O) groups is 1. The van der Waals surface area contributed by atoms with Crippen LogP contribution >= 0.6 is 0 Å². The number of rotatable bonds is 2. The summed E-state index contributed by atoms with van der Waals surface area (Å²) in [5.41, 5.74) is 3.02. The number of halogens is 1. The third-order valence-corrected chi connectivity index (χ3v) is 3.50. The molecule has 3 heteroatoms. The molecule has 0 N–H and O–H groups in total. The van der Waals surface area contributed by atoms with Gasteiger partial charge >= 0.3 is 0 Å². The highest BCUT2D eigenvalue weighted by Gasteiger charge is 2.26. The Bertz CT molecular complexity index is 505. The molecule has 0 heterocycles. The lowest BCUT2D eigenvalue weighted by molar-refractivity contribution is -0.123. The fourth-order valence-corrected chi connectivity index (χ4v) is 2.43. The topological polar surface area (TPSA) is 20.3 Å². The predicted octanol–water partition coefficient (Wildman–Crippen LogP) is 3.19. The van der Waals surface area contributed by atoms with Gasteiger partial charge in [-0.15, -0.1) is 0 Å². The van der Waals surface area contributed by atoms with Crippen molar-refractivity contribution < 1.29 is 9.18 Å². The zero-order valence-electron chi connectivity index (χ0n) is 11.0. The van der Waals surface area contributed by atoms with Crippen molar-refractivity contribution in [3.05, 3.63) is 41.2 Å². The number of carbonyl (C=O) groups excluding carboxylic acids is 1. The molecule has 0 radical (unpaired) electrons. The maximum absolute atomic E-state index is 13.3. The van der Waals surface area contributed by atoms with Crippen molar-refractivity contribution in [1.29, 1.82) is 0 Å². The molecule has 2 rings (SSSR count). The molecule has 0 aliphatic heterocycles. The molecule has 0 bridgehead atoms. The summed E-state index contributed by atoms with van der Waals surface area (Å²) in [6, 6.07) is 4.89. The van der Waals surface area contributed by atoms with Gasteiger partial charge in [-0.1, -0.05) is 13.0 Å². The lowest BCUT2D eigenvalue weighted by atomic mass is 9.99. The molecular formula is C15H18FNO. The molecule has 18 heavy (non-hydrogen) atoms. The number of allylic oxidation sites excluding steroid dienone is 1. The van der Waals surface area contributed by atoms with Gasteiger partial charge in [-0.05, 0) is 47.6 Å². The van der Waals surface area contributed by atoms with E-state index in [-0.39, 0.29) is 11.7 Å². The van der Waals surface area contributed by atoms with Crippen LogP contribution in [0.2, 0.25) is 0 Å². The van der Waals surface area contributed by atoms with Crippen LogP contribution in [-0.2, 0) is 4.79 Å². The number of benzene rings is 1. The predicted molar refractivity (Wildman–Crippen MR) is 70.7 cm³/mol. The van der Waals surface area contributed by atoms with Crippen LogP contribution in [0.3, 0.4) is 0 Å². The maximum atomic E-state index is 13.3. The highest BCUT2D eigenvalue weighted by atomic mass is 19.1. The van der Waals surface area contributed by atoms with Gasteiger partial charge in [-0.3, -0.25) is 4.79 Å². The minimum absolute atomic E-state index is 0.0445. The van der Waals surface area contributed by atoms with E-state index in [0.717, 1.165) is 29.5 Å². The molecule has 1 aliphatic rings. The first-order chi connectivity index (χ1) is 8.52. The van der Waals surface area contributed by atoms with E-state index >= 15 is 0 Å². The van der Waals surface area contributed by atoms with E-state index < -0.39 is 0 Å². The van der Waals surface area contributed by atoms with Crippen molar-refractivity contribution in [1.82, 2.24) is 4.90 Å². The first-order valence-electron chi connectivity index (χ1n) is 6.24. The van der Waals surface area contributed by atoms with E-state index in [2.05, 4.69) is 6.92 Å².